The Labute approximate surface area is 135 Å². The lowest BCUT2D eigenvalue weighted by Gasteiger charge is -2.34. The second kappa shape index (κ2) is 7.94. The van der Waals surface area contributed by atoms with Gasteiger partial charge < -0.3 is 10.3 Å². The summed E-state index contributed by atoms with van der Waals surface area (Å²) in [7, 11) is 0. The summed E-state index contributed by atoms with van der Waals surface area (Å²) in [4.78, 5) is 3.65. The van der Waals surface area contributed by atoms with Crippen LogP contribution in [0.2, 0.25) is 0 Å². The number of halogens is 1. The average Bonchev–Trinajstić information content (AvgIpc) is 3.12. The lowest BCUT2D eigenvalue weighted by atomic mass is 9.99. The summed E-state index contributed by atoms with van der Waals surface area (Å²) in [6, 6.07) is 6.77. The van der Waals surface area contributed by atoms with E-state index < -0.39 is 0 Å². The van der Waals surface area contributed by atoms with Gasteiger partial charge in [-0.2, -0.15) is 0 Å². The van der Waals surface area contributed by atoms with Crippen molar-refractivity contribution in [2.24, 2.45) is 5.73 Å². The smallest absolute Gasteiger partial charge is 0.177 e. The van der Waals surface area contributed by atoms with Crippen molar-refractivity contribution >= 4 is 23.7 Å². The number of aromatic nitrogens is 1. The Morgan fingerprint density at radius 3 is 3.10 bits per heavy atom. The number of hydrogen-bond acceptors (Lipinski definition) is 5. The SMILES string of the molecule is Cl.NCCC1CCCCN1Cc1cc(-c2cccs2)on1. The molecule has 0 aliphatic carbocycles. The van der Waals surface area contributed by atoms with E-state index in [1.165, 1.54) is 19.3 Å². The van der Waals surface area contributed by atoms with Crippen LogP contribution >= 0.6 is 23.7 Å². The molecule has 1 unspecified atom stereocenters. The van der Waals surface area contributed by atoms with E-state index in [-0.39, 0.29) is 12.4 Å². The highest BCUT2D eigenvalue weighted by Crippen LogP contribution is 2.27. The number of thiophene rings is 1. The van der Waals surface area contributed by atoms with Crippen LogP contribution in [0.1, 0.15) is 31.4 Å². The fourth-order valence-electron chi connectivity index (χ4n) is 2.92. The molecule has 3 rings (SSSR count). The molecule has 116 valence electrons. The molecule has 0 spiro atoms. The van der Waals surface area contributed by atoms with E-state index in [4.69, 9.17) is 10.3 Å². The van der Waals surface area contributed by atoms with Crippen LogP contribution in [0, 0.1) is 0 Å². The monoisotopic (exact) mass is 327 g/mol. The largest absolute Gasteiger partial charge is 0.355 e. The number of hydrogen-bond donors (Lipinski definition) is 1. The molecule has 0 radical (unpaired) electrons. The Kier molecular flexibility index (Phi) is 6.23. The van der Waals surface area contributed by atoms with Gasteiger partial charge in [-0.05, 0) is 43.8 Å². The van der Waals surface area contributed by atoms with Gasteiger partial charge >= 0.3 is 0 Å². The van der Waals surface area contributed by atoms with Crippen LogP contribution in [0.3, 0.4) is 0 Å². The van der Waals surface area contributed by atoms with E-state index in [0.717, 1.165) is 42.4 Å². The van der Waals surface area contributed by atoms with E-state index in [1.54, 1.807) is 11.3 Å². The molecule has 0 saturated carbocycles. The van der Waals surface area contributed by atoms with Crippen LogP contribution < -0.4 is 5.73 Å². The molecule has 0 amide bonds. The van der Waals surface area contributed by atoms with E-state index in [0.29, 0.717) is 6.04 Å². The normalized spacial score (nSPS) is 19.4. The van der Waals surface area contributed by atoms with Gasteiger partial charge in [0, 0.05) is 18.7 Å². The molecule has 1 fully saturated rings. The topological polar surface area (TPSA) is 55.3 Å². The van der Waals surface area contributed by atoms with Gasteiger partial charge in [-0.25, -0.2) is 0 Å². The van der Waals surface area contributed by atoms with Crippen molar-refractivity contribution in [1.29, 1.82) is 0 Å². The van der Waals surface area contributed by atoms with Crippen LogP contribution in [0.15, 0.2) is 28.1 Å². The van der Waals surface area contributed by atoms with E-state index in [9.17, 15) is 0 Å². The molecule has 1 aliphatic rings. The van der Waals surface area contributed by atoms with E-state index >= 15 is 0 Å². The molecule has 0 bridgehead atoms. The number of rotatable bonds is 5. The van der Waals surface area contributed by atoms with E-state index in [2.05, 4.69) is 27.6 Å². The van der Waals surface area contributed by atoms with Gasteiger partial charge in [0.05, 0.1) is 10.6 Å². The van der Waals surface area contributed by atoms with E-state index in [1.807, 2.05) is 6.07 Å². The van der Waals surface area contributed by atoms with Gasteiger partial charge in [-0.1, -0.05) is 17.6 Å². The molecule has 6 heteroatoms. The first-order valence-corrected chi connectivity index (χ1v) is 8.18. The molecular formula is C15H22ClN3OS. The molecule has 2 aromatic heterocycles. The van der Waals surface area contributed by atoms with Crippen LogP contribution in [0.25, 0.3) is 10.6 Å². The lowest BCUT2D eigenvalue weighted by molar-refractivity contribution is 0.131. The highest BCUT2D eigenvalue weighted by Gasteiger charge is 2.22. The third-order valence-electron chi connectivity index (χ3n) is 3.94. The summed E-state index contributed by atoms with van der Waals surface area (Å²) in [6.45, 7) is 2.78. The number of nitrogens with zero attached hydrogens (tertiary/aromatic N) is 2. The first-order chi connectivity index (χ1) is 9.86. The predicted molar refractivity (Wildman–Crippen MR) is 88.8 cm³/mol. The van der Waals surface area contributed by atoms with Gasteiger partial charge in [0.2, 0.25) is 0 Å². The summed E-state index contributed by atoms with van der Waals surface area (Å²) in [5.41, 5.74) is 6.75. The third-order valence-corrected chi connectivity index (χ3v) is 4.82. The van der Waals surface area contributed by atoms with Crippen LogP contribution in [-0.4, -0.2) is 29.2 Å². The van der Waals surface area contributed by atoms with Crippen LogP contribution in [0.4, 0.5) is 0 Å². The van der Waals surface area contributed by atoms with Crippen LogP contribution in [0.5, 0.6) is 0 Å². The second-order valence-electron chi connectivity index (χ2n) is 5.36. The highest BCUT2D eigenvalue weighted by molar-refractivity contribution is 7.13. The molecule has 0 aromatic carbocycles. The number of likely N-dealkylation sites (tertiary alicyclic amines) is 1. The Bertz CT molecular complexity index is 527. The fraction of sp³-hybridized carbons (Fsp3) is 0.533. The molecule has 21 heavy (non-hydrogen) atoms. The molecule has 1 atom stereocenters. The molecule has 1 aliphatic heterocycles. The maximum atomic E-state index is 5.72. The lowest BCUT2D eigenvalue weighted by Crippen LogP contribution is -2.40. The maximum absolute atomic E-state index is 5.72. The summed E-state index contributed by atoms with van der Waals surface area (Å²) < 4.78 is 5.45. The van der Waals surface area contributed by atoms with Crippen molar-refractivity contribution in [1.82, 2.24) is 10.1 Å². The molecule has 2 aromatic rings. The quantitative estimate of drug-likeness (QED) is 0.912. The minimum Gasteiger partial charge on any atom is -0.355 e. The van der Waals surface area contributed by atoms with Gasteiger partial charge in [0.1, 0.15) is 0 Å². The first kappa shape index (κ1) is 16.5. The Hall–Kier alpha value is -0.880. The van der Waals surface area contributed by atoms with Crippen molar-refractivity contribution in [3.8, 4) is 10.6 Å². The molecule has 4 nitrogen and oxygen atoms in total. The molecule has 3 heterocycles. The molecule has 2 N–H and O–H groups in total. The second-order valence-corrected chi connectivity index (χ2v) is 6.30. The zero-order valence-electron chi connectivity index (χ0n) is 12.0. The van der Waals surface area contributed by atoms with Crippen molar-refractivity contribution in [2.45, 2.75) is 38.3 Å². The standard InChI is InChI=1S/C15H21N3OS.ClH/c16-7-6-13-4-1-2-8-18(13)11-12-10-14(19-17-12)15-5-3-9-20-15;/h3,5,9-10,13H,1-2,4,6-8,11,16H2;1H. The van der Waals surface area contributed by atoms with Crippen LogP contribution in [-0.2, 0) is 6.54 Å². The Morgan fingerprint density at radius 2 is 2.33 bits per heavy atom. The zero-order chi connectivity index (χ0) is 13.8. The van der Waals surface area contributed by atoms with Crippen molar-refractivity contribution in [2.75, 3.05) is 13.1 Å². The van der Waals surface area contributed by atoms with Gasteiger partial charge in [-0.3, -0.25) is 4.90 Å². The van der Waals surface area contributed by atoms with Crippen molar-refractivity contribution < 1.29 is 4.52 Å². The van der Waals surface area contributed by atoms with Gasteiger partial charge in [0.25, 0.3) is 0 Å². The van der Waals surface area contributed by atoms with Crippen molar-refractivity contribution in [3.63, 3.8) is 0 Å². The van der Waals surface area contributed by atoms with Gasteiger partial charge in [0.15, 0.2) is 5.76 Å². The number of piperidine rings is 1. The Balaban J connectivity index is 0.00000161. The summed E-state index contributed by atoms with van der Waals surface area (Å²) in [5.74, 6) is 0.877. The van der Waals surface area contributed by atoms with Gasteiger partial charge in [-0.15, -0.1) is 23.7 Å². The average molecular weight is 328 g/mol. The zero-order valence-corrected chi connectivity index (χ0v) is 13.7. The minimum atomic E-state index is 0. The molecule has 1 saturated heterocycles. The summed E-state index contributed by atoms with van der Waals surface area (Å²) in [5, 5.41) is 6.27. The number of nitrogens with two attached hydrogens (primary N) is 1. The minimum absolute atomic E-state index is 0. The fourth-order valence-corrected chi connectivity index (χ4v) is 3.59. The van der Waals surface area contributed by atoms with Crippen molar-refractivity contribution in [3.05, 3.63) is 29.3 Å². The maximum Gasteiger partial charge on any atom is 0.177 e. The Morgan fingerprint density at radius 1 is 1.43 bits per heavy atom. The first-order valence-electron chi connectivity index (χ1n) is 7.30. The summed E-state index contributed by atoms with van der Waals surface area (Å²) >= 11 is 1.68. The third kappa shape index (κ3) is 4.07. The predicted octanol–water partition coefficient (Wildman–Crippen LogP) is 3.53. The highest BCUT2D eigenvalue weighted by atomic mass is 35.5. The summed E-state index contributed by atoms with van der Waals surface area (Å²) in [6.07, 6.45) is 4.93. The molecular weight excluding hydrogens is 306 g/mol.